The van der Waals surface area contributed by atoms with Crippen LogP contribution >= 0.6 is 11.8 Å². The van der Waals surface area contributed by atoms with Crippen LogP contribution in [0.4, 0.5) is 0 Å². The fourth-order valence-corrected chi connectivity index (χ4v) is 1.62. The highest BCUT2D eigenvalue weighted by Gasteiger charge is 2.10. The first-order valence-electron chi connectivity index (χ1n) is 4.70. The second-order valence-electron chi connectivity index (χ2n) is 2.95. The van der Waals surface area contributed by atoms with Crippen LogP contribution in [0.2, 0.25) is 0 Å². The van der Waals surface area contributed by atoms with Gasteiger partial charge in [-0.05, 0) is 0 Å². The minimum Gasteiger partial charge on any atom is -0.394 e. The number of amides is 1. The van der Waals surface area contributed by atoms with E-state index in [2.05, 4.69) is 5.32 Å². The van der Waals surface area contributed by atoms with Gasteiger partial charge in [0.1, 0.15) is 0 Å². The molecule has 0 saturated carbocycles. The Morgan fingerprint density at radius 3 is 2.73 bits per heavy atom. The highest BCUT2D eigenvalue weighted by Crippen LogP contribution is 1.98. The van der Waals surface area contributed by atoms with Crippen molar-refractivity contribution in [3.8, 4) is 0 Å². The first kappa shape index (κ1) is 14.7. The summed E-state index contributed by atoms with van der Waals surface area (Å²) in [6.45, 7) is 0.854. The Bertz CT molecular complexity index is 168. The molecular formula is C9H19NO4S. The van der Waals surface area contributed by atoms with Crippen molar-refractivity contribution in [3.63, 3.8) is 0 Å². The quantitative estimate of drug-likeness (QED) is 0.529. The lowest BCUT2D eigenvalue weighted by molar-refractivity contribution is -0.120. The number of carbonyl (C=O) groups is 1. The minimum absolute atomic E-state index is 0.0906. The van der Waals surface area contributed by atoms with Gasteiger partial charge in [-0.1, -0.05) is 0 Å². The molecule has 2 N–H and O–H groups in total. The third-order valence-electron chi connectivity index (χ3n) is 1.62. The Morgan fingerprint density at radius 2 is 2.20 bits per heavy atom. The van der Waals surface area contributed by atoms with Crippen LogP contribution in [0.5, 0.6) is 0 Å². The summed E-state index contributed by atoms with van der Waals surface area (Å²) >= 11 is 1.50. The molecule has 0 rings (SSSR count). The molecule has 0 fully saturated rings. The highest BCUT2D eigenvalue weighted by atomic mass is 32.2. The Balaban J connectivity index is 3.52. The second kappa shape index (κ2) is 10.2. The topological polar surface area (TPSA) is 67.8 Å². The van der Waals surface area contributed by atoms with Crippen LogP contribution < -0.4 is 5.32 Å². The largest absolute Gasteiger partial charge is 0.394 e. The lowest BCUT2D eigenvalue weighted by Gasteiger charge is -2.14. The average Bonchev–Trinajstić information content (AvgIpc) is 2.24. The molecule has 0 aromatic heterocycles. The smallest absolute Gasteiger partial charge is 0.230 e. The van der Waals surface area contributed by atoms with Crippen LogP contribution in [-0.2, 0) is 14.3 Å². The van der Waals surface area contributed by atoms with Crippen LogP contribution in [0.25, 0.3) is 0 Å². The fraction of sp³-hybridized carbons (Fsp3) is 0.889. The van der Waals surface area contributed by atoms with Gasteiger partial charge < -0.3 is 19.9 Å². The summed E-state index contributed by atoms with van der Waals surface area (Å²) in [5, 5.41) is 11.6. The van der Waals surface area contributed by atoms with Crippen molar-refractivity contribution in [2.45, 2.75) is 6.04 Å². The molecule has 0 saturated heterocycles. The standard InChI is InChI=1S/C9H19NO4S/c1-13-3-4-15-7-9(12)10-8(5-11)6-14-2/h8,11H,3-7H2,1-2H3,(H,10,12). The number of ether oxygens (including phenoxy) is 2. The van der Waals surface area contributed by atoms with Crippen LogP contribution in [0.3, 0.4) is 0 Å². The van der Waals surface area contributed by atoms with Crippen LogP contribution in [-0.4, -0.2) is 62.6 Å². The third kappa shape index (κ3) is 8.68. The summed E-state index contributed by atoms with van der Waals surface area (Å²) in [6.07, 6.45) is 0. The lowest BCUT2D eigenvalue weighted by Crippen LogP contribution is -2.41. The van der Waals surface area contributed by atoms with Gasteiger partial charge in [0.15, 0.2) is 0 Å². The number of carbonyl (C=O) groups excluding carboxylic acids is 1. The van der Waals surface area contributed by atoms with Gasteiger partial charge >= 0.3 is 0 Å². The molecule has 0 aliphatic rings. The molecule has 1 atom stereocenters. The third-order valence-corrected chi connectivity index (χ3v) is 2.54. The summed E-state index contributed by atoms with van der Waals surface area (Å²) in [5.41, 5.74) is 0. The first-order chi connectivity index (χ1) is 7.24. The van der Waals surface area contributed by atoms with Crippen molar-refractivity contribution < 1.29 is 19.4 Å². The number of hydrogen-bond acceptors (Lipinski definition) is 5. The molecule has 0 aromatic carbocycles. The van der Waals surface area contributed by atoms with Gasteiger partial charge in [-0.25, -0.2) is 0 Å². The molecule has 6 heteroatoms. The molecular weight excluding hydrogens is 218 g/mol. The van der Waals surface area contributed by atoms with Gasteiger partial charge in [-0.2, -0.15) is 0 Å². The van der Waals surface area contributed by atoms with Gasteiger partial charge in [-0.15, -0.1) is 11.8 Å². The maximum Gasteiger partial charge on any atom is 0.230 e. The minimum atomic E-state index is -0.314. The van der Waals surface area contributed by atoms with Crippen molar-refractivity contribution in [3.05, 3.63) is 0 Å². The Kier molecular flexibility index (Phi) is 10.0. The van der Waals surface area contributed by atoms with E-state index < -0.39 is 0 Å². The molecule has 1 unspecified atom stereocenters. The maximum absolute atomic E-state index is 11.3. The molecule has 0 spiro atoms. The van der Waals surface area contributed by atoms with E-state index in [1.807, 2.05) is 0 Å². The fourth-order valence-electron chi connectivity index (χ4n) is 0.918. The zero-order valence-electron chi connectivity index (χ0n) is 9.19. The summed E-state index contributed by atoms with van der Waals surface area (Å²) in [7, 11) is 3.16. The molecule has 0 aliphatic heterocycles. The molecule has 0 aromatic rings. The molecule has 1 amide bonds. The molecule has 0 aliphatic carbocycles. The zero-order chi connectivity index (χ0) is 11.5. The van der Waals surface area contributed by atoms with Crippen molar-refractivity contribution in [1.29, 1.82) is 0 Å². The van der Waals surface area contributed by atoms with Gasteiger partial charge in [0, 0.05) is 20.0 Å². The van der Waals surface area contributed by atoms with E-state index in [-0.39, 0.29) is 18.6 Å². The molecule has 0 heterocycles. The van der Waals surface area contributed by atoms with Gasteiger partial charge in [-0.3, -0.25) is 4.79 Å². The first-order valence-corrected chi connectivity index (χ1v) is 5.85. The normalized spacial score (nSPS) is 12.5. The molecule has 15 heavy (non-hydrogen) atoms. The van der Waals surface area contributed by atoms with Gasteiger partial charge in [0.2, 0.25) is 5.91 Å². The predicted molar refractivity (Wildman–Crippen MR) is 60.1 cm³/mol. The van der Waals surface area contributed by atoms with E-state index in [9.17, 15) is 4.79 Å². The van der Waals surface area contributed by atoms with Crippen molar-refractivity contribution in [2.75, 3.05) is 45.5 Å². The highest BCUT2D eigenvalue weighted by molar-refractivity contribution is 7.99. The number of thioether (sulfide) groups is 1. The zero-order valence-corrected chi connectivity index (χ0v) is 10.0. The monoisotopic (exact) mass is 237 g/mol. The molecule has 0 radical (unpaired) electrons. The summed E-state index contributed by atoms with van der Waals surface area (Å²) < 4.78 is 9.69. The second-order valence-corrected chi connectivity index (χ2v) is 4.05. The molecule has 0 bridgehead atoms. The van der Waals surface area contributed by atoms with E-state index in [4.69, 9.17) is 14.6 Å². The van der Waals surface area contributed by atoms with E-state index >= 15 is 0 Å². The van der Waals surface area contributed by atoms with Gasteiger partial charge in [0.25, 0.3) is 0 Å². The van der Waals surface area contributed by atoms with E-state index in [1.165, 1.54) is 18.9 Å². The number of nitrogens with one attached hydrogen (secondary N) is 1. The lowest BCUT2D eigenvalue weighted by atomic mass is 10.3. The number of aliphatic hydroxyl groups excluding tert-OH is 1. The van der Waals surface area contributed by atoms with Crippen LogP contribution in [0.1, 0.15) is 0 Å². The predicted octanol–water partition coefficient (Wildman–Crippen LogP) is -0.510. The maximum atomic E-state index is 11.3. The van der Waals surface area contributed by atoms with E-state index in [0.29, 0.717) is 19.0 Å². The number of methoxy groups -OCH3 is 2. The number of aliphatic hydroxyl groups is 1. The Hall–Kier alpha value is -0.300. The van der Waals surface area contributed by atoms with Crippen LogP contribution in [0, 0.1) is 0 Å². The number of rotatable bonds is 9. The number of hydrogen-bond donors (Lipinski definition) is 2. The summed E-state index contributed by atoms with van der Waals surface area (Å²) in [5.74, 6) is 1.08. The summed E-state index contributed by atoms with van der Waals surface area (Å²) in [6, 6.07) is -0.314. The molecule has 90 valence electrons. The van der Waals surface area contributed by atoms with Crippen molar-refractivity contribution in [2.24, 2.45) is 0 Å². The SMILES string of the molecule is COCCSCC(=O)NC(CO)COC. The van der Waals surface area contributed by atoms with Crippen LogP contribution in [0.15, 0.2) is 0 Å². The van der Waals surface area contributed by atoms with E-state index in [1.54, 1.807) is 7.11 Å². The Morgan fingerprint density at radius 1 is 1.47 bits per heavy atom. The van der Waals surface area contributed by atoms with Crippen molar-refractivity contribution in [1.82, 2.24) is 5.32 Å². The van der Waals surface area contributed by atoms with Gasteiger partial charge in [0.05, 0.1) is 31.6 Å². The molecule has 5 nitrogen and oxygen atoms in total. The van der Waals surface area contributed by atoms with Crippen molar-refractivity contribution >= 4 is 17.7 Å². The summed E-state index contributed by atoms with van der Waals surface area (Å²) in [4.78, 5) is 11.3. The Labute approximate surface area is 94.5 Å². The average molecular weight is 237 g/mol. The van der Waals surface area contributed by atoms with E-state index in [0.717, 1.165) is 5.75 Å².